The molecule has 1 aromatic heterocycles. The van der Waals surface area contributed by atoms with E-state index in [0.29, 0.717) is 25.3 Å². The molecule has 5 nitrogen and oxygen atoms in total. The summed E-state index contributed by atoms with van der Waals surface area (Å²) < 4.78 is 38.7. The predicted molar refractivity (Wildman–Crippen MR) is 106 cm³/mol. The second kappa shape index (κ2) is 9.73. The van der Waals surface area contributed by atoms with E-state index in [0.717, 1.165) is 37.8 Å². The highest BCUT2D eigenvalue weighted by Crippen LogP contribution is 2.31. The fourth-order valence-electron chi connectivity index (χ4n) is 3.37. The van der Waals surface area contributed by atoms with Gasteiger partial charge in [0, 0.05) is 50.3 Å². The van der Waals surface area contributed by atoms with Crippen molar-refractivity contribution < 1.29 is 18.0 Å². The van der Waals surface area contributed by atoms with Crippen LogP contribution in [0.4, 0.5) is 18.9 Å². The number of benzene rings is 1. The molecule has 1 aliphatic rings. The number of carbonyl (C=O) groups excluding carboxylic acids is 1. The monoisotopic (exact) mass is 406 g/mol. The molecule has 8 heteroatoms. The van der Waals surface area contributed by atoms with Crippen LogP contribution in [0.25, 0.3) is 0 Å². The summed E-state index contributed by atoms with van der Waals surface area (Å²) in [4.78, 5) is 20.3. The van der Waals surface area contributed by atoms with Gasteiger partial charge in [-0.3, -0.25) is 14.7 Å². The van der Waals surface area contributed by atoms with Crippen molar-refractivity contribution in [2.45, 2.75) is 19.0 Å². The first-order valence-corrected chi connectivity index (χ1v) is 9.73. The lowest BCUT2D eigenvalue weighted by Crippen LogP contribution is -2.47. The molecule has 0 unspecified atom stereocenters. The predicted octanol–water partition coefficient (Wildman–Crippen LogP) is 2.97. The molecule has 156 valence electrons. The molecule has 1 fully saturated rings. The van der Waals surface area contributed by atoms with Crippen LogP contribution in [-0.2, 0) is 17.4 Å². The molecule has 2 aromatic rings. The minimum atomic E-state index is -4.32. The van der Waals surface area contributed by atoms with E-state index < -0.39 is 11.7 Å². The van der Waals surface area contributed by atoms with E-state index in [9.17, 15) is 18.0 Å². The smallest absolute Gasteiger partial charge is 0.369 e. The Balaban J connectivity index is 1.35. The molecular weight excluding hydrogens is 381 g/mol. The van der Waals surface area contributed by atoms with E-state index >= 15 is 0 Å². The van der Waals surface area contributed by atoms with Crippen molar-refractivity contribution in [1.29, 1.82) is 0 Å². The van der Waals surface area contributed by atoms with Crippen molar-refractivity contribution in [2.75, 3.05) is 44.2 Å². The molecule has 0 radical (unpaired) electrons. The lowest BCUT2D eigenvalue weighted by Gasteiger charge is -2.36. The van der Waals surface area contributed by atoms with Crippen LogP contribution in [0.1, 0.15) is 17.7 Å². The molecule has 29 heavy (non-hydrogen) atoms. The number of alkyl halides is 3. The zero-order valence-corrected chi connectivity index (χ0v) is 16.2. The molecule has 3 rings (SSSR count). The lowest BCUT2D eigenvalue weighted by atomic mass is 10.1. The van der Waals surface area contributed by atoms with Gasteiger partial charge in [-0.15, -0.1) is 0 Å². The molecule has 0 bridgehead atoms. The second-order valence-corrected chi connectivity index (χ2v) is 7.08. The SMILES string of the molecule is O=C(Cc1ccccn1)NCCCN1CCN(c2cccc(C(F)(F)F)c2)CC1. The number of hydrogen-bond donors (Lipinski definition) is 1. The van der Waals surface area contributed by atoms with Gasteiger partial charge in [-0.2, -0.15) is 13.2 Å². The molecule has 1 aromatic carbocycles. The highest BCUT2D eigenvalue weighted by Gasteiger charge is 2.31. The quantitative estimate of drug-likeness (QED) is 0.719. The standard InChI is InChI=1S/C21H25F3N4O/c22-21(23,24)17-5-3-7-19(15-17)28-13-11-27(12-14-28)10-4-9-26-20(29)16-18-6-1-2-8-25-18/h1-3,5-8,15H,4,9-14,16H2,(H,26,29). The molecule has 1 saturated heterocycles. The Labute approximate surface area is 168 Å². The summed E-state index contributed by atoms with van der Waals surface area (Å²) in [6.45, 7) is 4.40. The van der Waals surface area contributed by atoms with Crippen molar-refractivity contribution in [2.24, 2.45) is 0 Å². The van der Waals surface area contributed by atoms with Gasteiger partial charge in [0.05, 0.1) is 12.0 Å². The minimum Gasteiger partial charge on any atom is -0.369 e. The normalized spacial score (nSPS) is 15.3. The molecule has 1 amide bonds. The Hall–Kier alpha value is -2.61. The fraction of sp³-hybridized carbons (Fsp3) is 0.429. The highest BCUT2D eigenvalue weighted by atomic mass is 19.4. The Kier molecular flexibility index (Phi) is 7.09. The summed E-state index contributed by atoms with van der Waals surface area (Å²) in [5.74, 6) is -0.0435. The zero-order chi connectivity index (χ0) is 20.7. The van der Waals surface area contributed by atoms with E-state index in [1.54, 1.807) is 12.3 Å². The van der Waals surface area contributed by atoms with Crippen molar-refractivity contribution in [3.63, 3.8) is 0 Å². The van der Waals surface area contributed by atoms with Crippen LogP contribution in [0.3, 0.4) is 0 Å². The number of amides is 1. The maximum atomic E-state index is 12.9. The molecule has 0 atom stereocenters. The Morgan fingerprint density at radius 2 is 1.86 bits per heavy atom. The summed E-state index contributed by atoms with van der Waals surface area (Å²) in [5.41, 5.74) is 0.746. The van der Waals surface area contributed by atoms with E-state index in [4.69, 9.17) is 0 Å². The van der Waals surface area contributed by atoms with Crippen molar-refractivity contribution in [3.05, 3.63) is 59.9 Å². The molecule has 1 N–H and O–H groups in total. The molecule has 1 aliphatic heterocycles. The third-order valence-corrected chi connectivity index (χ3v) is 4.95. The highest BCUT2D eigenvalue weighted by molar-refractivity contribution is 5.78. The summed E-state index contributed by atoms with van der Waals surface area (Å²) >= 11 is 0. The van der Waals surface area contributed by atoms with Gasteiger partial charge >= 0.3 is 6.18 Å². The fourth-order valence-corrected chi connectivity index (χ4v) is 3.37. The largest absolute Gasteiger partial charge is 0.416 e. The topological polar surface area (TPSA) is 48.5 Å². The number of pyridine rings is 1. The van der Waals surface area contributed by atoms with Crippen LogP contribution in [0.2, 0.25) is 0 Å². The summed E-state index contributed by atoms with van der Waals surface area (Å²) in [7, 11) is 0. The van der Waals surface area contributed by atoms with E-state index in [2.05, 4.69) is 15.2 Å². The number of aromatic nitrogens is 1. The Bertz CT molecular complexity index is 790. The number of rotatable bonds is 7. The first kappa shape index (κ1) is 21.1. The lowest BCUT2D eigenvalue weighted by molar-refractivity contribution is -0.137. The van der Waals surface area contributed by atoms with Crippen LogP contribution in [0.15, 0.2) is 48.7 Å². The second-order valence-electron chi connectivity index (χ2n) is 7.08. The van der Waals surface area contributed by atoms with Gasteiger partial charge in [-0.05, 0) is 43.3 Å². The number of carbonyl (C=O) groups is 1. The molecular formula is C21H25F3N4O. The van der Waals surface area contributed by atoms with Gasteiger partial charge in [0.15, 0.2) is 0 Å². The van der Waals surface area contributed by atoms with E-state index in [1.165, 1.54) is 12.1 Å². The molecule has 0 aliphatic carbocycles. The average Bonchev–Trinajstić information content (AvgIpc) is 2.72. The van der Waals surface area contributed by atoms with Crippen molar-refractivity contribution in [3.8, 4) is 0 Å². The van der Waals surface area contributed by atoms with Crippen LogP contribution in [-0.4, -0.2) is 55.1 Å². The molecule has 0 spiro atoms. The van der Waals surface area contributed by atoms with Gasteiger partial charge in [0.2, 0.25) is 5.91 Å². The van der Waals surface area contributed by atoms with Crippen LogP contribution < -0.4 is 10.2 Å². The van der Waals surface area contributed by atoms with Crippen LogP contribution in [0.5, 0.6) is 0 Å². The van der Waals surface area contributed by atoms with Gasteiger partial charge in [0.25, 0.3) is 0 Å². The Morgan fingerprint density at radius 1 is 1.07 bits per heavy atom. The van der Waals surface area contributed by atoms with Gasteiger partial charge in [-0.1, -0.05) is 12.1 Å². The zero-order valence-electron chi connectivity index (χ0n) is 16.2. The number of halogens is 3. The minimum absolute atomic E-state index is 0.0435. The first-order valence-electron chi connectivity index (χ1n) is 9.73. The molecule has 0 saturated carbocycles. The number of anilines is 1. The van der Waals surface area contributed by atoms with E-state index in [-0.39, 0.29) is 12.3 Å². The maximum Gasteiger partial charge on any atom is 0.416 e. The summed E-state index contributed by atoms with van der Waals surface area (Å²) in [5, 5.41) is 2.90. The van der Waals surface area contributed by atoms with Gasteiger partial charge in [0.1, 0.15) is 0 Å². The third kappa shape index (κ3) is 6.45. The van der Waals surface area contributed by atoms with Crippen molar-refractivity contribution in [1.82, 2.24) is 15.2 Å². The molecule has 2 heterocycles. The Morgan fingerprint density at radius 3 is 2.55 bits per heavy atom. The van der Waals surface area contributed by atoms with Gasteiger partial charge in [-0.25, -0.2) is 0 Å². The third-order valence-electron chi connectivity index (χ3n) is 4.95. The maximum absolute atomic E-state index is 12.9. The summed E-state index contributed by atoms with van der Waals surface area (Å²) in [6, 6.07) is 11.0. The van der Waals surface area contributed by atoms with E-state index in [1.807, 2.05) is 23.1 Å². The number of nitrogens with zero attached hydrogens (tertiary/aromatic N) is 3. The first-order chi connectivity index (χ1) is 13.9. The van der Waals surface area contributed by atoms with Gasteiger partial charge < -0.3 is 10.2 Å². The number of nitrogens with one attached hydrogen (secondary N) is 1. The van der Waals surface area contributed by atoms with Crippen LogP contribution in [0, 0.1) is 0 Å². The number of hydrogen-bond acceptors (Lipinski definition) is 4. The van der Waals surface area contributed by atoms with Crippen LogP contribution >= 0.6 is 0 Å². The average molecular weight is 406 g/mol. The van der Waals surface area contributed by atoms with Crippen molar-refractivity contribution >= 4 is 11.6 Å². The summed E-state index contributed by atoms with van der Waals surface area (Å²) in [6.07, 6.45) is -1.55. The number of piperazine rings is 1.